The standard InChI is InChI=1S/C23H17BrF3IN2O3/c1-32-20-10-15(9-19(24)21(20)33-13-14-5-7-18(28)8-6-14)12-29-30-22(31)16-3-2-4-17(11-16)23(25,26)27/h2-12H,13H2,1H3,(H,30,31)/b29-12-. The Morgan fingerprint density at radius 1 is 1.15 bits per heavy atom. The van der Waals surface area contributed by atoms with Crippen LogP contribution in [0.25, 0.3) is 0 Å². The van der Waals surface area contributed by atoms with Gasteiger partial charge in [0, 0.05) is 9.13 Å². The zero-order valence-corrected chi connectivity index (χ0v) is 20.9. The molecule has 0 aromatic heterocycles. The van der Waals surface area contributed by atoms with E-state index < -0.39 is 17.6 Å². The van der Waals surface area contributed by atoms with Gasteiger partial charge in [0.2, 0.25) is 0 Å². The first-order chi connectivity index (χ1) is 15.7. The molecule has 0 spiro atoms. The third-order valence-electron chi connectivity index (χ3n) is 4.38. The highest BCUT2D eigenvalue weighted by molar-refractivity contribution is 14.1. The van der Waals surface area contributed by atoms with Crippen molar-refractivity contribution < 1.29 is 27.4 Å². The number of halogens is 5. The summed E-state index contributed by atoms with van der Waals surface area (Å²) in [5.41, 5.74) is 2.73. The van der Waals surface area contributed by atoms with Gasteiger partial charge in [-0.05, 0) is 92.1 Å². The Hall–Kier alpha value is -2.60. The van der Waals surface area contributed by atoms with Gasteiger partial charge < -0.3 is 9.47 Å². The number of carbonyl (C=O) groups excluding carboxylic acids is 1. The highest BCUT2D eigenvalue weighted by atomic mass is 127. The molecule has 0 atom stereocenters. The second-order valence-electron chi connectivity index (χ2n) is 6.73. The molecule has 33 heavy (non-hydrogen) atoms. The van der Waals surface area contributed by atoms with Gasteiger partial charge in [-0.15, -0.1) is 0 Å². The average Bonchev–Trinajstić information content (AvgIpc) is 2.78. The van der Waals surface area contributed by atoms with Gasteiger partial charge in [-0.3, -0.25) is 4.79 Å². The van der Waals surface area contributed by atoms with Crippen molar-refractivity contribution in [2.75, 3.05) is 7.11 Å². The van der Waals surface area contributed by atoms with E-state index in [1.165, 1.54) is 25.5 Å². The van der Waals surface area contributed by atoms with E-state index >= 15 is 0 Å². The molecule has 172 valence electrons. The summed E-state index contributed by atoms with van der Waals surface area (Å²) in [6.45, 7) is 0.340. The van der Waals surface area contributed by atoms with Gasteiger partial charge in [-0.2, -0.15) is 18.3 Å². The van der Waals surface area contributed by atoms with Crippen molar-refractivity contribution in [3.05, 3.63) is 91.0 Å². The minimum Gasteiger partial charge on any atom is -0.493 e. The third-order valence-corrected chi connectivity index (χ3v) is 5.69. The predicted octanol–water partition coefficient (Wildman–Crippen LogP) is 6.42. The highest BCUT2D eigenvalue weighted by Gasteiger charge is 2.30. The van der Waals surface area contributed by atoms with Crippen LogP contribution in [0, 0.1) is 3.57 Å². The fourth-order valence-corrected chi connectivity index (χ4v) is 3.69. The summed E-state index contributed by atoms with van der Waals surface area (Å²) >= 11 is 5.67. The number of hydrogen-bond donors (Lipinski definition) is 1. The maximum absolute atomic E-state index is 12.8. The van der Waals surface area contributed by atoms with Crippen molar-refractivity contribution in [3.63, 3.8) is 0 Å². The number of alkyl halides is 3. The lowest BCUT2D eigenvalue weighted by Gasteiger charge is -2.13. The lowest BCUT2D eigenvalue weighted by molar-refractivity contribution is -0.137. The molecule has 0 saturated heterocycles. The number of nitrogens with one attached hydrogen (secondary N) is 1. The van der Waals surface area contributed by atoms with Gasteiger partial charge in [-0.25, -0.2) is 5.43 Å². The molecule has 0 radical (unpaired) electrons. The number of nitrogens with zero attached hydrogens (tertiary/aromatic N) is 1. The number of hydrazone groups is 1. The molecular formula is C23H17BrF3IN2O3. The van der Waals surface area contributed by atoms with Gasteiger partial charge in [0.25, 0.3) is 5.91 Å². The Kier molecular flexibility index (Phi) is 8.35. The zero-order chi connectivity index (χ0) is 24.0. The molecule has 0 heterocycles. The summed E-state index contributed by atoms with van der Waals surface area (Å²) in [5.74, 6) is 0.183. The molecular weight excluding hydrogens is 616 g/mol. The second-order valence-corrected chi connectivity index (χ2v) is 8.83. The largest absolute Gasteiger partial charge is 0.493 e. The third kappa shape index (κ3) is 6.94. The van der Waals surface area contributed by atoms with Gasteiger partial charge in [0.15, 0.2) is 11.5 Å². The van der Waals surface area contributed by atoms with Crippen LogP contribution in [0.4, 0.5) is 13.2 Å². The normalized spacial score (nSPS) is 11.5. The minimum absolute atomic E-state index is 0.153. The van der Waals surface area contributed by atoms with E-state index in [-0.39, 0.29) is 5.56 Å². The molecule has 0 unspecified atom stereocenters. The summed E-state index contributed by atoms with van der Waals surface area (Å²) in [6, 6.07) is 15.4. The number of rotatable bonds is 7. The fraction of sp³-hybridized carbons (Fsp3) is 0.130. The molecule has 10 heteroatoms. The Bertz CT molecular complexity index is 1170. The average molecular weight is 633 g/mol. The molecule has 1 N–H and O–H groups in total. The molecule has 0 aliphatic heterocycles. The predicted molar refractivity (Wildman–Crippen MR) is 131 cm³/mol. The van der Waals surface area contributed by atoms with E-state index in [0.29, 0.717) is 28.1 Å². The van der Waals surface area contributed by atoms with Crippen molar-refractivity contribution in [2.24, 2.45) is 5.10 Å². The van der Waals surface area contributed by atoms with Crippen LogP contribution in [0.1, 0.15) is 27.0 Å². The summed E-state index contributed by atoms with van der Waals surface area (Å²) in [5, 5.41) is 3.83. The highest BCUT2D eigenvalue weighted by Crippen LogP contribution is 2.37. The smallest absolute Gasteiger partial charge is 0.416 e. The number of amides is 1. The summed E-state index contributed by atoms with van der Waals surface area (Å²) in [6.07, 6.45) is -3.19. The van der Waals surface area contributed by atoms with E-state index in [9.17, 15) is 18.0 Å². The van der Waals surface area contributed by atoms with Gasteiger partial charge in [0.05, 0.1) is 23.4 Å². The van der Waals surface area contributed by atoms with E-state index in [2.05, 4.69) is 49.0 Å². The van der Waals surface area contributed by atoms with Crippen molar-refractivity contribution in [1.29, 1.82) is 0 Å². The number of methoxy groups -OCH3 is 1. The summed E-state index contributed by atoms with van der Waals surface area (Å²) in [7, 11) is 1.50. The maximum atomic E-state index is 12.8. The lowest BCUT2D eigenvalue weighted by atomic mass is 10.1. The van der Waals surface area contributed by atoms with Crippen LogP contribution in [0.15, 0.2) is 70.2 Å². The van der Waals surface area contributed by atoms with Crippen LogP contribution in [-0.2, 0) is 12.8 Å². The fourth-order valence-electron chi connectivity index (χ4n) is 2.76. The first-order valence-corrected chi connectivity index (χ1v) is 11.3. The van der Waals surface area contributed by atoms with E-state index in [0.717, 1.165) is 21.3 Å². The Labute approximate surface area is 210 Å². The molecule has 0 saturated carbocycles. The molecule has 5 nitrogen and oxygen atoms in total. The number of carbonyl (C=O) groups is 1. The second kappa shape index (κ2) is 11.0. The molecule has 3 aromatic rings. The SMILES string of the molecule is COc1cc(/C=N\NC(=O)c2cccc(C(F)(F)F)c2)cc(Br)c1OCc1ccc(I)cc1. The molecule has 0 bridgehead atoms. The van der Waals surface area contributed by atoms with Crippen LogP contribution in [-0.4, -0.2) is 19.2 Å². The van der Waals surface area contributed by atoms with Gasteiger partial charge >= 0.3 is 6.18 Å². The number of hydrogen-bond acceptors (Lipinski definition) is 4. The van der Waals surface area contributed by atoms with Crippen molar-refractivity contribution >= 4 is 50.6 Å². The first-order valence-electron chi connectivity index (χ1n) is 9.43. The van der Waals surface area contributed by atoms with Crippen LogP contribution in [0.5, 0.6) is 11.5 Å². The van der Waals surface area contributed by atoms with Crippen molar-refractivity contribution in [2.45, 2.75) is 12.8 Å². The lowest BCUT2D eigenvalue weighted by Crippen LogP contribution is -2.18. The van der Waals surface area contributed by atoms with Gasteiger partial charge in [-0.1, -0.05) is 18.2 Å². The molecule has 3 rings (SSSR count). The molecule has 0 fully saturated rings. The summed E-state index contributed by atoms with van der Waals surface area (Å²) in [4.78, 5) is 12.2. The monoisotopic (exact) mass is 632 g/mol. The van der Waals surface area contributed by atoms with Crippen LogP contribution < -0.4 is 14.9 Å². The summed E-state index contributed by atoms with van der Waals surface area (Å²) < 4.78 is 51.5. The Morgan fingerprint density at radius 3 is 2.55 bits per heavy atom. The van der Waals surface area contributed by atoms with Crippen molar-refractivity contribution in [3.8, 4) is 11.5 Å². The molecule has 0 aliphatic carbocycles. The van der Waals surface area contributed by atoms with Gasteiger partial charge in [0.1, 0.15) is 6.61 Å². The maximum Gasteiger partial charge on any atom is 0.416 e. The van der Waals surface area contributed by atoms with Crippen LogP contribution >= 0.6 is 38.5 Å². The van der Waals surface area contributed by atoms with E-state index in [1.807, 2.05) is 24.3 Å². The number of benzene rings is 3. The van der Waals surface area contributed by atoms with Crippen LogP contribution in [0.2, 0.25) is 0 Å². The first kappa shape index (κ1) is 25.0. The quantitative estimate of drug-likeness (QED) is 0.186. The van der Waals surface area contributed by atoms with Crippen LogP contribution in [0.3, 0.4) is 0 Å². The number of ether oxygens (including phenoxy) is 2. The Balaban J connectivity index is 1.69. The molecule has 1 amide bonds. The minimum atomic E-state index is -4.54. The molecule has 3 aromatic carbocycles. The van der Waals surface area contributed by atoms with E-state index in [4.69, 9.17) is 9.47 Å². The van der Waals surface area contributed by atoms with E-state index in [1.54, 1.807) is 12.1 Å². The van der Waals surface area contributed by atoms with Crippen molar-refractivity contribution in [1.82, 2.24) is 5.43 Å². The topological polar surface area (TPSA) is 59.9 Å². The molecule has 0 aliphatic rings. The Morgan fingerprint density at radius 2 is 1.88 bits per heavy atom. The zero-order valence-electron chi connectivity index (χ0n) is 17.1.